The highest BCUT2D eigenvalue weighted by Gasteiger charge is 2.51. The average molecular weight is 344 g/mol. The number of β-amino-alcohol motifs (C(OH)–C–C–N with tert-alkyl or cyclic N) is 1. The van der Waals surface area contributed by atoms with Crippen LogP contribution < -0.4 is 0 Å². The molecule has 2 aliphatic rings. The Balaban J connectivity index is 1.54. The van der Waals surface area contributed by atoms with Crippen LogP contribution in [0.3, 0.4) is 0 Å². The van der Waals surface area contributed by atoms with Gasteiger partial charge in [0, 0.05) is 19.5 Å². The average Bonchev–Trinajstić information content (AvgIpc) is 2.80. The summed E-state index contributed by atoms with van der Waals surface area (Å²) in [6.07, 6.45) is 4.44. The number of likely N-dealkylation sites (tertiary alicyclic amines) is 1. The molecule has 5 nitrogen and oxygen atoms in total. The van der Waals surface area contributed by atoms with E-state index in [0.717, 1.165) is 38.6 Å². The van der Waals surface area contributed by atoms with Crippen LogP contribution in [0.25, 0.3) is 0 Å². The highest BCUT2D eigenvalue weighted by Crippen LogP contribution is 2.45. The largest absolute Gasteiger partial charge is 0.390 e. The Morgan fingerprint density at radius 1 is 1.16 bits per heavy atom. The third-order valence-corrected chi connectivity index (χ3v) is 5.51. The van der Waals surface area contributed by atoms with Crippen molar-refractivity contribution in [2.45, 2.75) is 51.2 Å². The highest BCUT2D eigenvalue weighted by molar-refractivity contribution is 6.05. The van der Waals surface area contributed by atoms with E-state index in [1.165, 1.54) is 10.5 Å². The van der Waals surface area contributed by atoms with E-state index in [1.54, 1.807) is 0 Å². The van der Waals surface area contributed by atoms with Crippen molar-refractivity contribution in [1.29, 1.82) is 0 Å². The second-order valence-electron chi connectivity index (χ2n) is 7.66. The molecule has 1 aromatic rings. The van der Waals surface area contributed by atoms with Gasteiger partial charge in [0.05, 0.1) is 18.1 Å². The Morgan fingerprint density at radius 3 is 2.52 bits per heavy atom. The Bertz CT molecular complexity index is 611. The molecule has 1 saturated carbocycles. The van der Waals surface area contributed by atoms with Crippen LogP contribution in [-0.4, -0.2) is 53.0 Å². The van der Waals surface area contributed by atoms with Gasteiger partial charge in [0.25, 0.3) is 0 Å². The molecule has 3 rings (SSSR count). The first kappa shape index (κ1) is 18.1. The van der Waals surface area contributed by atoms with E-state index in [1.807, 2.05) is 42.3 Å². The molecule has 1 atom stereocenters. The molecule has 136 valence electrons. The molecule has 1 heterocycles. The smallest absolute Gasteiger partial charge is 0.235 e. The Labute approximate surface area is 149 Å². The summed E-state index contributed by atoms with van der Waals surface area (Å²) in [6.45, 7) is 1.27. The normalized spacial score (nSPS) is 21.3. The maximum Gasteiger partial charge on any atom is 0.235 e. The predicted molar refractivity (Wildman–Crippen MR) is 95.6 cm³/mol. The van der Waals surface area contributed by atoms with Gasteiger partial charge in [0.2, 0.25) is 11.8 Å². The van der Waals surface area contributed by atoms with Gasteiger partial charge in [-0.3, -0.25) is 19.4 Å². The predicted octanol–water partition coefficient (Wildman–Crippen LogP) is 2.19. The molecule has 1 aliphatic heterocycles. The van der Waals surface area contributed by atoms with Crippen LogP contribution in [-0.2, 0) is 16.1 Å². The summed E-state index contributed by atoms with van der Waals surface area (Å²) in [6, 6.07) is 10.0. The van der Waals surface area contributed by atoms with Gasteiger partial charge in [0.1, 0.15) is 0 Å². The number of amides is 2. The van der Waals surface area contributed by atoms with Gasteiger partial charge >= 0.3 is 0 Å². The molecule has 1 N–H and O–H groups in total. The molecule has 1 aromatic carbocycles. The summed E-state index contributed by atoms with van der Waals surface area (Å²) in [5, 5.41) is 10.4. The monoisotopic (exact) mass is 344 g/mol. The molecule has 0 bridgehead atoms. The van der Waals surface area contributed by atoms with Gasteiger partial charge in [-0.15, -0.1) is 0 Å². The van der Waals surface area contributed by atoms with Crippen molar-refractivity contribution in [2.24, 2.45) is 5.41 Å². The van der Waals surface area contributed by atoms with Gasteiger partial charge in [-0.2, -0.15) is 0 Å². The summed E-state index contributed by atoms with van der Waals surface area (Å²) in [5.74, 6) is -0.168. The molecular weight excluding hydrogens is 316 g/mol. The van der Waals surface area contributed by atoms with Crippen LogP contribution in [0.5, 0.6) is 0 Å². The first-order valence-electron chi connectivity index (χ1n) is 9.25. The minimum absolute atomic E-state index is 0.0537. The minimum atomic E-state index is -0.722. The van der Waals surface area contributed by atoms with Crippen LogP contribution in [0.15, 0.2) is 30.3 Å². The third-order valence-electron chi connectivity index (χ3n) is 5.51. The van der Waals surface area contributed by atoms with Crippen molar-refractivity contribution in [2.75, 3.05) is 20.1 Å². The molecule has 1 unspecified atom stereocenters. The quantitative estimate of drug-likeness (QED) is 0.804. The van der Waals surface area contributed by atoms with Crippen LogP contribution in [0, 0.1) is 5.41 Å². The number of likely N-dealkylation sites (N-methyl/N-ethyl adjacent to an activating group) is 1. The fourth-order valence-corrected chi connectivity index (χ4v) is 4.25. The zero-order valence-electron chi connectivity index (χ0n) is 15.0. The summed E-state index contributed by atoms with van der Waals surface area (Å²) in [7, 11) is 1.94. The number of imide groups is 1. The zero-order chi connectivity index (χ0) is 17.9. The number of nitrogens with zero attached hydrogens (tertiary/aromatic N) is 2. The minimum Gasteiger partial charge on any atom is -0.390 e. The maximum absolute atomic E-state index is 12.8. The molecule has 0 radical (unpaired) electrons. The van der Waals surface area contributed by atoms with E-state index >= 15 is 0 Å². The SMILES string of the molecule is CN(Cc1ccccc1)CC(O)CN1C(=O)CC2(CCCCC2)C1=O. The standard InChI is InChI=1S/C20H28N2O3/c1-21(13-16-8-4-2-5-9-16)14-17(23)15-22-18(24)12-20(19(22)25)10-6-3-7-11-20/h2,4-5,8-9,17,23H,3,6-7,10-15H2,1H3. The number of carbonyl (C=O) groups excluding carboxylic acids is 2. The first-order chi connectivity index (χ1) is 12.0. The summed E-state index contributed by atoms with van der Waals surface area (Å²) < 4.78 is 0. The topological polar surface area (TPSA) is 60.9 Å². The summed E-state index contributed by atoms with van der Waals surface area (Å²) >= 11 is 0. The molecule has 2 amide bonds. The molecule has 1 spiro atoms. The van der Waals surface area contributed by atoms with Crippen molar-refractivity contribution < 1.29 is 14.7 Å². The van der Waals surface area contributed by atoms with E-state index in [0.29, 0.717) is 13.0 Å². The Hall–Kier alpha value is -1.72. The van der Waals surface area contributed by atoms with Gasteiger partial charge in [-0.1, -0.05) is 49.6 Å². The second-order valence-corrected chi connectivity index (χ2v) is 7.66. The summed E-state index contributed by atoms with van der Waals surface area (Å²) in [5.41, 5.74) is 0.706. The number of carbonyl (C=O) groups is 2. The molecule has 1 saturated heterocycles. The van der Waals surface area contributed by atoms with Crippen molar-refractivity contribution in [1.82, 2.24) is 9.80 Å². The van der Waals surface area contributed by atoms with Gasteiger partial charge < -0.3 is 5.11 Å². The lowest BCUT2D eigenvalue weighted by atomic mass is 9.73. The number of hydrogen-bond acceptors (Lipinski definition) is 4. The van der Waals surface area contributed by atoms with Crippen molar-refractivity contribution in [3.63, 3.8) is 0 Å². The molecule has 0 aromatic heterocycles. The fraction of sp³-hybridized carbons (Fsp3) is 0.600. The van der Waals surface area contributed by atoms with E-state index in [-0.39, 0.29) is 18.4 Å². The van der Waals surface area contributed by atoms with Crippen molar-refractivity contribution in [3.05, 3.63) is 35.9 Å². The lowest BCUT2D eigenvalue weighted by Crippen LogP contribution is -2.43. The third kappa shape index (κ3) is 4.10. The number of hydrogen-bond donors (Lipinski definition) is 1. The zero-order valence-corrected chi connectivity index (χ0v) is 15.0. The first-order valence-corrected chi connectivity index (χ1v) is 9.25. The van der Waals surface area contributed by atoms with E-state index in [4.69, 9.17) is 0 Å². The van der Waals surface area contributed by atoms with Crippen molar-refractivity contribution in [3.8, 4) is 0 Å². The maximum atomic E-state index is 12.8. The molecule has 1 aliphatic carbocycles. The Morgan fingerprint density at radius 2 is 1.84 bits per heavy atom. The number of rotatable bonds is 6. The molecule has 25 heavy (non-hydrogen) atoms. The number of aliphatic hydroxyl groups is 1. The van der Waals surface area contributed by atoms with E-state index in [9.17, 15) is 14.7 Å². The number of benzene rings is 1. The highest BCUT2D eigenvalue weighted by atomic mass is 16.3. The van der Waals surface area contributed by atoms with Crippen LogP contribution in [0.1, 0.15) is 44.1 Å². The van der Waals surface area contributed by atoms with Crippen LogP contribution >= 0.6 is 0 Å². The second kappa shape index (κ2) is 7.67. The van der Waals surface area contributed by atoms with Gasteiger partial charge in [0.15, 0.2) is 0 Å². The lowest BCUT2D eigenvalue weighted by Gasteiger charge is -2.31. The van der Waals surface area contributed by atoms with E-state index in [2.05, 4.69) is 0 Å². The van der Waals surface area contributed by atoms with Gasteiger partial charge in [-0.25, -0.2) is 0 Å². The van der Waals surface area contributed by atoms with Crippen LogP contribution in [0.2, 0.25) is 0 Å². The van der Waals surface area contributed by atoms with Crippen LogP contribution in [0.4, 0.5) is 0 Å². The molecule has 2 fully saturated rings. The summed E-state index contributed by atoms with van der Waals surface area (Å²) in [4.78, 5) is 28.5. The lowest BCUT2D eigenvalue weighted by molar-refractivity contribution is -0.144. The fourth-order valence-electron chi connectivity index (χ4n) is 4.25. The Kier molecular flexibility index (Phi) is 5.54. The molecular formula is C20H28N2O3. The van der Waals surface area contributed by atoms with E-state index < -0.39 is 11.5 Å². The molecule has 5 heteroatoms. The van der Waals surface area contributed by atoms with Crippen molar-refractivity contribution >= 4 is 11.8 Å². The number of aliphatic hydroxyl groups excluding tert-OH is 1. The van der Waals surface area contributed by atoms with Gasteiger partial charge in [-0.05, 0) is 25.5 Å².